The Kier molecular flexibility index (Phi) is 4.25. The van der Waals surface area contributed by atoms with Crippen molar-refractivity contribution in [3.63, 3.8) is 0 Å². The van der Waals surface area contributed by atoms with Gasteiger partial charge in [-0.3, -0.25) is 4.79 Å². The molecule has 1 rings (SSSR count). The quantitative estimate of drug-likeness (QED) is 0.474. The number of alkyl halides is 1. The maximum absolute atomic E-state index is 12.2. The second kappa shape index (κ2) is 4.98. The van der Waals surface area contributed by atoms with Crippen LogP contribution in [0.15, 0.2) is 23.4 Å². The molecule has 6 heteroatoms. The summed E-state index contributed by atoms with van der Waals surface area (Å²) in [5.74, 6) is -1.86. The van der Waals surface area contributed by atoms with Crippen molar-refractivity contribution in [1.29, 1.82) is 0 Å². The lowest BCUT2D eigenvalue weighted by Crippen LogP contribution is -2.56. The summed E-state index contributed by atoms with van der Waals surface area (Å²) in [6, 6.07) is 0. The number of allylic oxidation sites excluding steroid dienone is 2. The standard InChI is InChI=1S/C11H15Cl2NO3/c1-5-6-10(13)9(15)7(12)8(14-2)11(10,16-3)17-4/h5,14H,1,6H2,2-4H3/t10-/m1/s1. The minimum atomic E-state index is -1.44. The molecule has 0 heterocycles. The Morgan fingerprint density at radius 1 is 1.47 bits per heavy atom. The molecule has 0 fully saturated rings. The molecule has 96 valence electrons. The molecule has 0 bridgehead atoms. The Morgan fingerprint density at radius 2 is 2.00 bits per heavy atom. The highest BCUT2D eigenvalue weighted by Gasteiger charge is 2.65. The van der Waals surface area contributed by atoms with Crippen molar-refractivity contribution in [2.45, 2.75) is 17.1 Å². The van der Waals surface area contributed by atoms with Crippen molar-refractivity contribution in [3.05, 3.63) is 23.4 Å². The van der Waals surface area contributed by atoms with Gasteiger partial charge in [-0.2, -0.15) is 0 Å². The zero-order valence-corrected chi connectivity index (χ0v) is 11.5. The maximum atomic E-state index is 12.2. The van der Waals surface area contributed by atoms with E-state index in [1.807, 2.05) is 0 Å². The highest BCUT2D eigenvalue weighted by atomic mass is 35.5. The zero-order valence-electron chi connectivity index (χ0n) is 9.97. The largest absolute Gasteiger partial charge is 0.386 e. The topological polar surface area (TPSA) is 47.6 Å². The molecule has 0 amide bonds. The molecule has 17 heavy (non-hydrogen) atoms. The molecule has 0 aromatic rings. The predicted octanol–water partition coefficient (Wildman–Crippen LogP) is 1.78. The number of likely N-dealkylation sites (N-methyl/N-ethyl adjacent to an activating group) is 1. The molecular weight excluding hydrogens is 265 g/mol. The first kappa shape index (κ1) is 14.5. The summed E-state index contributed by atoms with van der Waals surface area (Å²) in [6.45, 7) is 3.58. The summed E-state index contributed by atoms with van der Waals surface area (Å²) >= 11 is 12.4. The number of methoxy groups -OCH3 is 2. The Morgan fingerprint density at radius 3 is 2.35 bits per heavy atom. The van der Waals surface area contributed by atoms with Gasteiger partial charge in [0.05, 0.1) is 5.70 Å². The molecule has 0 radical (unpaired) electrons. The van der Waals surface area contributed by atoms with Crippen molar-refractivity contribution < 1.29 is 14.3 Å². The number of halogens is 2. The minimum absolute atomic E-state index is 0.00644. The molecule has 1 atom stereocenters. The van der Waals surface area contributed by atoms with E-state index >= 15 is 0 Å². The number of nitrogens with one attached hydrogen (secondary N) is 1. The second-order valence-electron chi connectivity index (χ2n) is 3.59. The van der Waals surface area contributed by atoms with E-state index in [0.29, 0.717) is 5.70 Å². The molecule has 0 saturated heterocycles. The second-order valence-corrected chi connectivity index (χ2v) is 4.61. The third-order valence-corrected chi connectivity index (χ3v) is 3.82. The number of Topliss-reactive ketones (excluding diaryl/α,β-unsaturated/α-hetero) is 1. The van der Waals surface area contributed by atoms with E-state index in [-0.39, 0.29) is 11.5 Å². The Hall–Kier alpha value is -0.550. The fourth-order valence-corrected chi connectivity index (χ4v) is 2.97. The molecule has 0 aliphatic heterocycles. The number of carbonyl (C=O) groups excluding carboxylic acids is 1. The van der Waals surface area contributed by atoms with Crippen LogP contribution in [-0.4, -0.2) is 37.7 Å². The number of hydrogen-bond donors (Lipinski definition) is 1. The third-order valence-electron chi connectivity index (χ3n) is 2.88. The highest BCUT2D eigenvalue weighted by Crippen LogP contribution is 2.50. The van der Waals surface area contributed by atoms with Crippen LogP contribution >= 0.6 is 23.2 Å². The highest BCUT2D eigenvalue weighted by molar-refractivity contribution is 6.53. The fourth-order valence-electron chi connectivity index (χ4n) is 2.09. The molecule has 0 saturated carbocycles. The van der Waals surface area contributed by atoms with Crippen LogP contribution in [0.5, 0.6) is 0 Å². The Labute approximate surface area is 111 Å². The Bertz CT molecular complexity index is 377. The van der Waals surface area contributed by atoms with Crippen LogP contribution in [0.2, 0.25) is 0 Å². The van der Waals surface area contributed by atoms with E-state index in [1.165, 1.54) is 20.3 Å². The molecule has 1 N–H and O–H groups in total. The van der Waals surface area contributed by atoms with E-state index in [2.05, 4.69) is 11.9 Å². The summed E-state index contributed by atoms with van der Waals surface area (Å²) in [6.07, 6.45) is 1.71. The normalized spacial score (nSPS) is 27.5. The Balaban J connectivity index is 3.45. The van der Waals surface area contributed by atoms with E-state index in [1.54, 1.807) is 7.05 Å². The number of hydrogen-bond acceptors (Lipinski definition) is 4. The molecule has 1 aliphatic carbocycles. The SMILES string of the molecule is C=CC[C@@]1(Cl)C(=O)C(Cl)=C(NC)C1(OC)OC. The van der Waals surface area contributed by atoms with Gasteiger partial charge in [-0.1, -0.05) is 17.7 Å². The number of rotatable bonds is 5. The van der Waals surface area contributed by atoms with Gasteiger partial charge >= 0.3 is 0 Å². The average molecular weight is 280 g/mol. The number of carbonyl (C=O) groups is 1. The van der Waals surface area contributed by atoms with Gasteiger partial charge in [-0.15, -0.1) is 18.2 Å². The lowest BCUT2D eigenvalue weighted by Gasteiger charge is -2.39. The van der Waals surface area contributed by atoms with E-state index in [0.717, 1.165) is 0 Å². The molecule has 0 spiro atoms. The van der Waals surface area contributed by atoms with Crippen molar-refractivity contribution in [2.24, 2.45) is 0 Å². The zero-order chi connectivity index (χ0) is 13.3. The van der Waals surface area contributed by atoms with Gasteiger partial charge in [0.15, 0.2) is 4.87 Å². The first-order valence-corrected chi connectivity index (χ1v) is 5.73. The fraction of sp³-hybridized carbons (Fsp3) is 0.545. The van der Waals surface area contributed by atoms with Crippen molar-refractivity contribution in [3.8, 4) is 0 Å². The van der Waals surface area contributed by atoms with Gasteiger partial charge in [-0.25, -0.2) is 0 Å². The van der Waals surface area contributed by atoms with Crippen LogP contribution in [-0.2, 0) is 14.3 Å². The molecule has 1 aliphatic rings. The van der Waals surface area contributed by atoms with Gasteiger partial charge in [0.25, 0.3) is 0 Å². The predicted molar refractivity (Wildman–Crippen MR) is 67.1 cm³/mol. The number of ether oxygens (including phenoxy) is 2. The average Bonchev–Trinajstić information content (AvgIpc) is 2.48. The van der Waals surface area contributed by atoms with Crippen LogP contribution in [0.25, 0.3) is 0 Å². The molecule has 0 aromatic heterocycles. The van der Waals surface area contributed by atoms with Gasteiger partial charge in [0.2, 0.25) is 11.6 Å². The van der Waals surface area contributed by atoms with Crippen molar-refractivity contribution in [2.75, 3.05) is 21.3 Å². The lowest BCUT2D eigenvalue weighted by molar-refractivity contribution is -0.198. The molecule has 0 unspecified atom stereocenters. The van der Waals surface area contributed by atoms with Crippen LogP contribution in [0.4, 0.5) is 0 Å². The smallest absolute Gasteiger partial charge is 0.238 e. The molecular formula is C11H15Cl2NO3. The third kappa shape index (κ3) is 1.71. The van der Waals surface area contributed by atoms with E-state index < -0.39 is 16.4 Å². The summed E-state index contributed by atoms with van der Waals surface area (Å²) in [5, 5.41) is 2.80. The monoisotopic (exact) mass is 279 g/mol. The summed E-state index contributed by atoms with van der Waals surface area (Å²) in [4.78, 5) is 10.7. The molecule has 0 aromatic carbocycles. The van der Waals surface area contributed by atoms with Crippen LogP contribution in [0, 0.1) is 0 Å². The molecule has 4 nitrogen and oxygen atoms in total. The lowest BCUT2D eigenvalue weighted by atomic mass is 9.94. The van der Waals surface area contributed by atoms with Gasteiger partial charge in [0.1, 0.15) is 5.03 Å². The number of ketones is 1. The van der Waals surface area contributed by atoms with Crippen molar-refractivity contribution in [1.82, 2.24) is 5.32 Å². The van der Waals surface area contributed by atoms with E-state index in [9.17, 15) is 4.79 Å². The summed E-state index contributed by atoms with van der Waals surface area (Å²) < 4.78 is 10.7. The van der Waals surface area contributed by atoms with Gasteiger partial charge in [-0.05, 0) is 6.42 Å². The summed E-state index contributed by atoms with van der Waals surface area (Å²) in [5.41, 5.74) is 0.325. The van der Waals surface area contributed by atoms with Gasteiger partial charge < -0.3 is 14.8 Å². The van der Waals surface area contributed by atoms with Crippen LogP contribution in [0.1, 0.15) is 6.42 Å². The maximum Gasteiger partial charge on any atom is 0.238 e. The van der Waals surface area contributed by atoms with Crippen LogP contribution < -0.4 is 5.32 Å². The van der Waals surface area contributed by atoms with Crippen LogP contribution in [0.3, 0.4) is 0 Å². The first-order chi connectivity index (χ1) is 7.95. The summed E-state index contributed by atoms with van der Waals surface area (Å²) in [7, 11) is 4.43. The van der Waals surface area contributed by atoms with Gasteiger partial charge in [0, 0.05) is 21.3 Å². The first-order valence-electron chi connectivity index (χ1n) is 4.98. The van der Waals surface area contributed by atoms with E-state index in [4.69, 9.17) is 32.7 Å². The minimum Gasteiger partial charge on any atom is -0.386 e. The van der Waals surface area contributed by atoms with Crippen molar-refractivity contribution >= 4 is 29.0 Å².